The second-order valence-corrected chi connectivity index (χ2v) is 11.4. The van der Waals surface area contributed by atoms with Crippen LogP contribution in [-0.2, 0) is 10.8 Å². The van der Waals surface area contributed by atoms with Crippen molar-refractivity contribution in [2.45, 2.75) is 24.7 Å². The molecule has 0 spiro atoms. The standard InChI is InChI=1S/2C20H18O2.CH2O3/c2*1-20(15-5-3-2-4-6-15,16-7-11-18(21)12-8-16)17-9-13-19(22)14-10-17;2-1(3)4/h2*2-14,21-22H,1H3;(H2,2,3,4)/p-2. The molecule has 0 radical (unpaired) electrons. The number of phenols is 4. The molecule has 0 aliphatic heterocycles. The third-order valence-corrected chi connectivity index (χ3v) is 8.48. The number of benzene rings is 6. The number of carbonyl (C=O) groups is 1. The Morgan fingerprint density at radius 2 is 0.542 bits per heavy atom. The summed E-state index contributed by atoms with van der Waals surface area (Å²) in [6.07, 6.45) is -2.33. The lowest BCUT2D eigenvalue weighted by molar-refractivity contribution is -0.415. The number of hydrogen-bond donors (Lipinski definition) is 4. The van der Waals surface area contributed by atoms with Crippen LogP contribution in [0.15, 0.2) is 158 Å². The summed E-state index contributed by atoms with van der Waals surface area (Å²) in [5.74, 6) is 1.02. The van der Waals surface area contributed by atoms with Crippen molar-refractivity contribution >= 4 is 6.16 Å². The number of aromatic hydroxyl groups is 4. The van der Waals surface area contributed by atoms with Crippen molar-refractivity contribution in [3.63, 3.8) is 0 Å². The Morgan fingerprint density at radius 3 is 0.729 bits per heavy atom. The first-order valence-electron chi connectivity index (χ1n) is 15.1. The number of hydrogen-bond acceptors (Lipinski definition) is 7. The molecule has 6 rings (SSSR count). The zero-order valence-corrected chi connectivity index (χ0v) is 26.5. The van der Waals surface area contributed by atoms with E-state index in [1.54, 1.807) is 48.5 Å². The fourth-order valence-corrected chi connectivity index (χ4v) is 5.72. The molecule has 0 aliphatic rings. The first-order chi connectivity index (χ1) is 22.9. The highest BCUT2D eigenvalue weighted by atomic mass is 16.6. The van der Waals surface area contributed by atoms with Crippen molar-refractivity contribution in [2.24, 2.45) is 0 Å². The monoisotopic (exact) mass is 640 g/mol. The maximum absolute atomic E-state index is 9.57. The van der Waals surface area contributed by atoms with Crippen LogP contribution in [0.5, 0.6) is 23.0 Å². The number of phenolic OH excluding ortho intramolecular Hbond substituents is 4. The lowest BCUT2D eigenvalue weighted by atomic mass is 9.71. The van der Waals surface area contributed by atoms with E-state index in [4.69, 9.17) is 15.0 Å². The van der Waals surface area contributed by atoms with Gasteiger partial charge in [-0.05, 0) is 102 Å². The van der Waals surface area contributed by atoms with Gasteiger partial charge in [-0.25, -0.2) is 0 Å². The maximum atomic E-state index is 9.57. The summed E-state index contributed by atoms with van der Waals surface area (Å²) < 4.78 is 0. The van der Waals surface area contributed by atoms with E-state index in [2.05, 4.69) is 38.1 Å². The molecule has 0 amide bonds. The molecule has 0 atom stereocenters. The number of rotatable bonds is 6. The van der Waals surface area contributed by atoms with Crippen molar-refractivity contribution in [3.8, 4) is 23.0 Å². The van der Waals surface area contributed by atoms with Gasteiger partial charge in [0.25, 0.3) is 0 Å². The molecule has 6 aromatic carbocycles. The Kier molecular flexibility index (Phi) is 11.1. The molecule has 48 heavy (non-hydrogen) atoms. The highest BCUT2D eigenvalue weighted by molar-refractivity contribution is 5.52. The molecule has 244 valence electrons. The summed E-state index contributed by atoms with van der Waals surface area (Å²) in [4.78, 5) is 8.33. The van der Waals surface area contributed by atoms with Gasteiger partial charge in [-0.2, -0.15) is 0 Å². The third kappa shape index (κ3) is 8.13. The molecule has 0 fully saturated rings. The van der Waals surface area contributed by atoms with Crippen LogP contribution in [0.1, 0.15) is 47.2 Å². The third-order valence-electron chi connectivity index (χ3n) is 8.48. The van der Waals surface area contributed by atoms with Gasteiger partial charge in [0.1, 0.15) is 23.0 Å². The highest BCUT2D eigenvalue weighted by Gasteiger charge is 2.32. The molecule has 7 heteroatoms. The maximum Gasteiger partial charge on any atom is 0.115 e. The minimum atomic E-state index is -2.33. The lowest BCUT2D eigenvalue weighted by Gasteiger charge is -2.32. The van der Waals surface area contributed by atoms with Crippen LogP contribution in [0.25, 0.3) is 0 Å². The minimum absolute atomic E-state index is 0.255. The predicted octanol–water partition coefficient (Wildman–Crippen LogP) is 6.46. The second kappa shape index (κ2) is 15.4. The Morgan fingerprint density at radius 1 is 0.375 bits per heavy atom. The normalized spacial score (nSPS) is 10.9. The second-order valence-electron chi connectivity index (χ2n) is 11.4. The van der Waals surface area contributed by atoms with Crippen LogP contribution < -0.4 is 10.2 Å². The molecule has 7 nitrogen and oxygen atoms in total. The topological polar surface area (TPSA) is 144 Å². The van der Waals surface area contributed by atoms with Crippen LogP contribution in [0, 0.1) is 0 Å². The van der Waals surface area contributed by atoms with E-state index in [1.807, 2.05) is 84.9 Å². The van der Waals surface area contributed by atoms with Gasteiger partial charge < -0.3 is 35.4 Å². The van der Waals surface area contributed by atoms with E-state index in [0.717, 1.165) is 33.4 Å². The van der Waals surface area contributed by atoms with Gasteiger partial charge in [0.05, 0.1) is 0 Å². The Bertz CT molecular complexity index is 1640. The van der Waals surface area contributed by atoms with E-state index >= 15 is 0 Å². The molecular formula is C41H36O7-2. The van der Waals surface area contributed by atoms with E-state index in [9.17, 15) is 20.4 Å². The number of carbonyl (C=O) groups excluding carboxylic acids is 1. The highest BCUT2D eigenvalue weighted by Crippen LogP contribution is 2.41. The van der Waals surface area contributed by atoms with Crippen LogP contribution in [0.3, 0.4) is 0 Å². The van der Waals surface area contributed by atoms with Gasteiger partial charge in [-0.1, -0.05) is 109 Å². The summed E-state index contributed by atoms with van der Waals surface area (Å²) in [6, 6.07) is 49.6. The summed E-state index contributed by atoms with van der Waals surface area (Å²) >= 11 is 0. The summed E-state index contributed by atoms with van der Waals surface area (Å²) in [7, 11) is 0. The predicted molar refractivity (Wildman–Crippen MR) is 182 cm³/mol. The van der Waals surface area contributed by atoms with Gasteiger partial charge in [0.15, 0.2) is 0 Å². The Balaban J connectivity index is 0.000000195. The van der Waals surface area contributed by atoms with Crippen molar-refractivity contribution in [2.75, 3.05) is 0 Å². The smallest absolute Gasteiger partial charge is 0.115 e. The average Bonchev–Trinajstić information content (AvgIpc) is 3.10. The van der Waals surface area contributed by atoms with Crippen LogP contribution in [0.4, 0.5) is 4.79 Å². The van der Waals surface area contributed by atoms with Gasteiger partial charge in [-0.3, -0.25) is 0 Å². The zero-order chi connectivity index (χ0) is 34.7. The SMILES string of the molecule is CC(c1ccccc1)(c1ccc(O)cc1)c1ccc(O)cc1.CC(c1ccccc1)(c1ccc(O)cc1)c1ccc(O)cc1.O=C([O-])[O-]. The lowest BCUT2D eigenvalue weighted by Crippen LogP contribution is -2.37. The fourth-order valence-electron chi connectivity index (χ4n) is 5.72. The molecule has 0 aromatic heterocycles. The zero-order valence-electron chi connectivity index (χ0n) is 26.5. The minimum Gasteiger partial charge on any atom is -0.652 e. The molecule has 0 aliphatic carbocycles. The molecule has 0 unspecified atom stereocenters. The van der Waals surface area contributed by atoms with Crippen molar-refractivity contribution < 1.29 is 35.4 Å². The summed E-state index contributed by atoms with van der Waals surface area (Å²) in [5.41, 5.74) is 5.94. The molecule has 0 saturated heterocycles. The quantitative estimate of drug-likeness (QED) is 0.153. The van der Waals surface area contributed by atoms with Gasteiger partial charge in [0.2, 0.25) is 0 Å². The van der Waals surface area contributed by atoms with E-state index in [0.29, 0.717) is 0 Å². The first-order valence-corrected chi connectivity index (χ1v) is 15.1. The van der Waals surface area contributed by atoms with E-state index in [1.165, 1.54) is 0 Å². The summed E-state index contributed by atoms with van der Waals surface area (Å²) in [6.45, 7) is 4.31. The van der Waals surface area contributed by atoms with Crippen molar-refractivity contribution in [1.82, 2.24) is 0 Å². The average molecular weight is 641 g/mol. The van der Waals surface area contributed by atoms with Gasteiger partial charge in [0, 0.05) is 10.8 Å². The largest absolute Gasteiger partial charge is 0.652 e. The van der Waals surface area contributed by atoms with E-state index < -0.39 is 6.16 Å². The molecule has 0 heterocycles. The molecule has 6 aromatic rings. The molecular weight excluding hydrogens is 604 g/mol. The van der Waals surface area contributed by atoms with Crippen LogP contribution in [-0.4, -0.2) is 26.6 Å². The van der Waals surface area contributed by atoms with Crippen molar-refractivity contribution in [1.29, 1.82) is 0 Å². The molecule has 4 N–H and O–H groups in total. The number of carboxylic acid groups (broad SMARTS) is 2. The Hall–Kier alpha value is -6.21. The van der Waals surface area contributed by atoms with Crippen LogP contribution >= 0.6 is 0 Å². The van der Waals surface area contributed by atoms with Crippen molar-refractivity contribution in [3.05, 3.63) is 191 Å². The Labute approximate surface area is 279 Å². The summed E-state index contributed by atoms with van der Waals surface area (Å²) in [5, 5.41) is 54.9. The fraction of sp³-hybridized carbons (Fsp3) is 0.0976. The van der Waals surface area contributed by atoms with Crippen LogP contribution in [0.2, 0.25) is 0 Å². The molecule has 0 saturated carbocycles. The van der Waals surface area contributed by atoms with E-state index in [-0.39, 0.29) is 33.8 Å². The van der Waals surface area contributed by atoms with Gasteiger partial charge >= 0.3 is 0 Å². The van der Waals surface area contributed by atoms with Gasteiger partial charge in [-0.15, -0.1) is 0 Å². The first kappa shape index (κ1) is 34.7. The molecule has 0 bridgehead atoms.